The Bertz CT molecular complexity index is 757. The zero-order valence-corrected chi connectivity index (χ0v) is 17.5. The van der Waals surface area contributed by atoms with Gasteiger partial charge in [0.2, 0.25) is 0 Å². The number of fused-ring (bicyclic) bond motifs is 2. The fourth-order valence-corrected chi connectivity index (χ4v) is 5.31. The van der Waals surface area contributed by atoms with Gasteiger partial charge in [-0.15, -0.1) is 0 Å². The summed E-state index contributed by atoms with van der Waals surface area (Å²) < 4.78 is 3.21. The van der Waals surface area contributed by atoms with Crippen LogP contribution in [0.3, 0.4) is 0 Å². The second-order valence-corrected chi connectivity index (χ2v) is 8.48. The van der Waals surface area contributed by atoms with Crippen LogP contribution >= 0.6 is 47.8 Å². The molecule has 0 saturated carbocycles. The summed E-state index contributed by atoms with van der Waals surface area (Å²) in [5.41, 5.74) is 19.0. The zero-order valence-electron chi connectivity index (χ0n) is 12.8. The number of nitrogen functional groups attached to an aromatic ring is 2. The molecule has 4 rings (SSSR count). The molecule has 0 heterocycles. The van der Waals surface area contributed by atoms with Crippen LogP contribution in [0.4, 0.5) is 11.4 Å². The summed E-state index contributed by atoms with van der Waals surface area (Å²) in [6.07, 6.45) is 7.27. The third kappa shape index (κ3) is 3.47. The molecule has 2 aliphatic carbocycles. The number of halogens is 3. The average molecular weight is 503 g/mol. The van der Waals surface area contributed by atoms with E-state index < -0.39 is 0 Å². The normalized spacial score (nSPS) is 14.9. The van der Waals surface area contributed by atoms with Gasteiger partial charge in [0.25, 0.3) is 0 Å². The molecule has 0 amide bonds. The quantitative estimate of drug-likeness (QED) is 0.447. The number of anilines is 2. The largest absolute Gasteiger partial charge is 0.398 e. The summed E-state index contributed by atoms with van der Waals surface area (Å²) in [7, 11) is 0. The van der Waals surface area contributed by atoms with Gasteiger partial charge in [0.15, 0.2) is 0 Å². The number of benzene rings is 2. The van der Waals surface area contributed by atoms with Crippen molar-refractivity contribution in [1.29, 1.82) is 0 Å². The van der Waals surface area contributed by atoms with E-state index in [0.29, 0.717) is 0 Å². The Labute approximate surface area is 162 Å². The Balaban J connectivity index is 0.000000136. The van der Waals surface area contributed by atoms with Crippen molar-refractivity contribution in [3.8, 4) is 0 Å². The van der Waals surface area contributed by atoms with Gasteiger partial charge in [-0.05, 0) is 121 Å². The topological polar surface area (TPSA) is 52.0 Å². The Hall–Kier alpha value is -0.520. The molecule has 4 N–H and O–H groups in total. The summed E-state index contributed by atoms with van der Waals surface area (Å²) in [6.45, 7) is 0. The third-order valence-electron chi connectivity index (χ3n) is 4.56. The predicted molar refractivity (Wildman–Crippen MR) is 109 cm³/mol. The number of aryl methyl sites for hydroxylation is 2. The van der Waals surface area contributed by atoms with Gasteiger partial charge in [-0.25, -0.2) is 0 Å². The molecule has 0 aliphatic heterocycles. The minimum Gasteiger partial charge on any atom is -0.398 e. The van der Waals surface area contributed by atoms with Gasteiger partial charge in [0.1, 0.15) is 0 Å². The number of rotatable bonds is 0. The van der Waals surface area contributed by atoms with Gasteiger partial charge in [-0.3, -0.25) is 0 Å². The summed E-state index contributed by atoms with van der Waals surface area (Å²) in [5.74, 6) is 0. The van der Waals surface area contributed by atoms with E-state index in [-0.39, 0.29) is 0 Å². The monoisotopic (exact) mass is 500 g/mol. The van der Waals surface area contributed by atoms with Gasteiger partial charge in [-0.2, -0.15) is 0 Å². The molecular weight excluding hydrogens is 484 g/mol. The van der Waals surface area contributed by atoms with E-state index in [9.17, 15) is 0 Å². The first-order chi connectivity index (χ1) is 11.0. The summed E-state index contributed by atoms with van der Waals surface area (Å²) in [4.78, 5) is 0. The van der Waals surface area contributed by atoms with Crippen molar-refractivity contribution in [1.82, 2.24) is 0 Å². The van der Waals surface area contributed by atoms with Gasteiger partial charge in [-0.1, -0.05) is 6.07 Å². The Morgan fingerprint density at radius 3 is 2.04 bits per heavy atom. The SMILES string of the molecule is Nc1c(Br)cc2c(c1Br)CCC2.Nc1ccc2c(c1Br)CCC2. The van der Waals surface area contributed by atoms with Gasteiger partial charge in [0.05, 0.1) is 5.69 Å². The molecule has 5 heteroatoms. The molecule has 2 aliphatic rings. The van der Waals surface area contributed by atoms with E-state index in [1.807, 2.05) is 6.07 Å². The molecular formula is C18H19Br3N2. The molecule has 0 fully saturated rings. The molecule has 0 aromatic heterocycles. The fraction of sp³-hybridized carbons (Fsp3) is 0.333. The fourth-order valence-electron chi connectivity index (χ4n) is 3.31. The van der Waals surface area contributed by atoms with Crippen molar-refractivity contribution < 1.29 is 0 Å². The predicted octanol–water partition coefficient (Wildman–Crippen LogP) is 5.80. The van der Waals surface area contributed by atoms with Crippen LogP contribution in [-0.4, -0.2) is 0 Å². The second kappa shape index (κ2) is 7.16. The van der Waals surface area contributed by atoms with Crippen molar-refractivity contribution >= 4 is 59.2 Å². The summed E-state index contributed by atoms with van der Waals surface area (Å²) in [5, 5.41) is 0. The molecule has 23 heavy (non-hydrogen) atoms. The van der Waals surface area contributed by atoms with Crippen molar-refractivity contribution in [2.24, 2.45) is 0 Å². The third-order valence-corrected chi connectivity index (χ3v) is 7.06. The lowest BCUT2D eigenvalue weighted by Crippen LogP contribution is -1.93. The van der Waals surface area contributed by atoms with Crippen molar-refractivity contribution in [3.05, 3.63) is 53.9 Å². The van der Waals surface area contributed by atoms with Crippen LogP contribution in [0, 0.1) is 0 Å². The lowest BCUT2D eigenvalue weighted by Gasteiger charge is -2.07. The lowest BCUT2D eigenvalue weighted by molar-refractivity contribution is 0.910. The van der Waals surface area contributed by atoms with E-state index >= 15 is 0 Å². The van der Waals surface area contributed by atoms with E-state index in [0.717, 1.165) is 31.2 Å². The van der Waals surface area contributed by atoms with E-state index in [4.69, 9.17) is 11.5 Å². The molecule has 2 aromatic rings. The first kappa shape index (κ1) is 17.3. The van der Waals surface area contributed by atoms with Crippen LogP contribution in [0.15, 0.2) is 31.6 Å². The van der Waals surface area contributed by atoms with Crippen LogP contribution in [0.5, 0.6) is 0 Å². The van der Waals surface area contributed by atoms with E-state index in [2.05, 4.69) is 59.9 Å². The van der Waals surface area contributed by atoms with Crippen LogP contribution in [0.2, 0.25) is 0 Å². The minimum absolute atomic E-state index is 0.829. The van der Waals surface area contributed by atoms with Gasteiger partial charge >= 0.3 is 0 Å². The molecule has 0 unspecified atom stereocenters. The van der Waals surface area contributed by atoms with Crippen molar-refractivity contribution in [2.45, 2.75) is 38.5 Å². The van der Waals surface area contributed by atoms with Gasteiger partial charge < -0.3 is 11.5 Å². The number of nitrogens with two attached hydrogens (primary N) is 2. The maximum atomic E-state index is 5.86. The molecule has 0 atom stereocenters. The van der Waals surface area contributed by atoms with Crippen LogP contribution in [-0.2, 0) is 25.7 Å². The Morgan fingerprint density at radius 1 is 0.739 bits per heavy atom. The smallest absolute Gasteiger partial charge is 0.0605 e. The highest BCUT2D eigenvalue weighted by Crippen LogP contribution is 2.38. The molecule has 122 valence electrons. The van der Waals surface area contributed by atoms with Crippen molar-refractivity contribution in [2.75, 3.05) is 11.5 Å². The molecule has 2 aromatic carbocycles. The van der Waals surface area contributed by atoms with E-state index in [1.54, 1.807) is 0 Å². The summed E-state index contributed by atoms with van der Waals surface area (Å²) >= 11 is 10.5. The average Bonchev–Trinajstić information content (AvgIpc) is 3.18. The second-order valence-electron chi connectivity index (χ2n) is 6.04. The highest BCUT2D eigenvalue weighted by molar-refractivity contribution is 9.11. The number of hydrogen-bond donors (Lipinski definition) is 2. The molecule has 0 saturated heterocycles. The number of hydrogen-bond acceptors (Lipinski definition) is 2. The zero-order chi connectivity index (χ0) is 16.6. The maximum Gasteiger partial charge on any atom is 0.0605 e. The molecule has 0 spiro atoms. The highest BCUT2D eigenvalue weighted by atomic mass is 79.9. The first-order valence-corrected chi connectivity index (χ1v) is 10.2. The molecule has 2 nitrogen and oxygen atoms in total. The maximum absolute atomic E-state index is 5.86. The molecule has 0 bridgehead atoms. The Kier molecular flexibility index (Phi) is 5.39. The van der Waals surface area contributed by atoms with Crippen LogP contribution in [0.1, 0.15) is 35.1 Å². The first-order valence-electron chi connectivity index (χ1n) is 7.80. The molecule has 0 radical (unpaired) electrons. The van der Waals surface area contributed by atoms with Crippen LogP contribution in [0.25, 0.3) is 0 Å². The highest BCUT2D eigenvalue weighted by Gasteiger charge is 2.17. The van der Waals surface area contributed by atoms with Crippen LogP contribution < -0.4 is 11.5 Å². The lowest BCUT2D eigenvalue weighted by atomic mass is 10.1. The summed E-state index contributed by atoms with van der Waals surface area (Å²) in [6, 6.07) is 6.26. The van der Waals surface area contributed by atoms with E-state index in [1.165, 1.54) is 54.4 Å². The Morgan fingerprint density at radius 2 is 1.35 bits per heavy atom. The minimum atomic E-state index is 0.829. The van der Waals surface area contributed by atoms with Crippen molar-refractivity contribution in [3.63, 3.8) is 0 Å². The van der Waals surface area contributed by atoms with Gasteiger partial charge in [0, 0.05) is 19.1 Å². The standard InChI is InChI=1S/C9H9Br2N.C9H10BrN/c10-7-4-5-2-1-3-6(5)8(11)9(7)12;10-9-7-3-1-2-6(7)4-5-8(9)11/h4H,1-3,12H2;4-5H,1-3,11H2.